The third-order valence-electron chi connectivity index (χ3n) is 12.1. The summed E-state index contributed by atoms with van der Waals surface area (Å²) in [7, 11) is 0. The summed E-state index contributed by atoms with van der Waals surface area (Å²) in [4.78, 5) is 15.3. The predicted octanol–water partition coefficient (Wildman–Crippen LogP) is 14.0. The zero-order valence-electron chi connectivity index (χ0n) is 32.9. The van der Waals surface area contributed by atoms with Crippen LogP contribution in [0.5, 0.6) is 23.0 Å². The maximum atomic E-state index is 7.07. The summed E-state index contributed by atoms with van der Waals surface area (Å²) in [5, 5.41) is 2.28. The molecule has 0 amide bonds. The minimum Gasteiger partial charge on any atom is -0.449 e. The summed E-state index contributed by atoms with van der Waals surface area (Å²) in [6.45, 7) is 0. The summed E-state index contributed by atoms with van der Waals surface area (Å²) < 4.78 is 14.1. The van der Waals surface area contributed by atoms with E-state index < -0.39 is 5.41 Å². The van der Waals surface area contributed by atoms with Crippen molar-refractivity contribution < 1.29 is 9.47 Å². The van der Waals surface area contributed by atoms with E-state index in [0.29, 0.717) is 40.5 Å². The zero-order chi connectivity index (χ0) is 40.3. The number of para-hydroxylation sites is 1. The molecule has 0 saturated heterocycles. The van der Waals surface area contributed by atoms with Crippen molar-refractivity contribution in [2.75, 3.05) is 0 Å². The van der Waals surface area contributed by atoms with Gasteiger partial charge in [-0.2, -0.15) is 0 Å². The maximum absolute atomic E-state index is 7.07. The second-order valence-electron chi connectivity index (χ2n) is 15.5. The molecule has 5 nitrogen and oxygen atoms in total. The first-order chi connectivity index (χ1) is 30.2. The summed E-state index contributed by atoms with van der Waals surface area (Å²) in [5.41, 5.74) is 10.8. The molecule has 10 aromatic rings. The fourth-order valence-corrected chi connectivity index (χ4v) is 9.38. The second-order valence-corrected chi connectivity index (χ2v) is 15.5. The number of nitrogens with zero attached hydrogens (tertiary/aromatic N) is 3. The lowest BCUT2D eigenvalue weighted by Crippen LogP contribution is -2.28. The van der Waals surface area contributed by atoms with Crippen molar-refractivity contribution in [3.63, 3.8) is 0 Å². The van der Waals surface area contributed by atoms with Crippen molar-refractivity contribution in [2.24, 2.45) is 0 Å². The Morgan fingerprint density at radius 3 is 1.64 bits per heavy atom. The molecule has 2 aliphatic rings. The minimum absolute atomic E-state index is 0.553. The molecule has 0 bridgehead atoms. The van der Waals surface area contributed by atoms with Crippen molar-refractivity contribution in [3.8, 4) is 79.4 Å². The molecule has 286 valence electrons. The van der Waals surface area contributed by atoms with Crippen molar-refractivity contribution in [1.29, 1.82) is 0 Å². The second kappa shape index (κ2) is 14.0. The number of benzene rings is 9. The van der Waals surface area contributed by atoms with Crippen molar-refractivity contribution in [2.45, 2.75) is 5.41 Å². The smallest absolute Gasteiger partial charge is 0.178 e. The molecule has 12 rings (SSSR count). The van der Waals surface area contributed by atoms with Crippen LogP contribution in [0, 0.1) is 0 Å². The Balaban J connectivity index is 1.01. The molecule has 0 unspecified atom stereocenters. The van der Waals surface area contributed by atoms with Crippen LogP contribution in [0.1, 0.15) is 22.3 Å². The van der Waals surface area contributed by atoms with Gasteiger partial charge in [0.1, 0.15) is 0 Å². The van der Waals surface area contributed by atoms with E-state index in [1.54, 1.807) is 0 Å². The van der Waals surface area contributed by atoms with Gasteiger partial charge in [-0.1, -0.05) is 194 Å². The maximum Gasteiger partial charge on any atom is 0.178 e. The SMILES string of the molecule is c1ccc(-c2nc(-c3ccc4ccccc4c3)nc(-c3ccccc3-c3cccc4c3Oc3ccc5c(c3O4)-c3ccccc3C5(c3ccccc3)c3ccccc3)n2)cc1. The van der Waals surface area contributed by atoms with Crippen LogP contribution in [0.2, 0.25) is 0 Å². The molecule has 0 fully saturated rings. The normalized spacial score (nSPS) is 13.0. The average molecular weight is 782 g/mol. The number of ether oxygens (including phenoxy) is 2. The molecular formula is C56H35N3O2. The Hall–Kier alpha value is -8.15. The number of hydrogen-bond acceptors (Lipinski definition) is 5. The lowest BCUT2D eigenvalue weighted by atomic mass is 9.68. The highest BCUT2D eigenvalue weighted by atomic mass is 16.6. The van der Waals surface area contributed by atoms with E-state index in [9.17, 15) is 0 Å². The lowest BCUT2D eigenvalue weighted by Gasteiger charge is -2.34. The standard InChI is InChI=1S/C56H35N3O2/c1-4-18-37(19-5-1)53-57-54(39-32-31-36-17-10-11-20-38(36)35-39)59-55(58-53)44-26-13-12-25-42(44)43-28-16-30-48-51(43)60-49-34-33-47-50(52(49)61-48)45-27-14-15-29-46(45)56(47,40-21-6-2-7-22-40)41-23-8-3-9-24-41/h1-35H. The van der Waals surface area contributed by atoms with E-state index in [1.807, 2.05) is 54.6 Å². The molecule has 0 spiro atoms. The summed E-state index contributed by atoms with van der Waals surface area (Å²) in [6, 6.07) is 73.6. The minimum atomic E-state index is -0.553. The van der Waals surface area contributed by atoms with Gasteiger partial charge in [-0.05, 0) is 62.4 Å². The van der Waals surface area contributed by atoms with Gasteiger partial charge in [0.25, 0.3) is 0 Å². The summed E-state index contributed by atoms with van der Waals surface area (Å²) >= 11 is 0. The van der Waals surface area contributed by atoms with Gasteiger partial charge in [0.05, 0.1) is 5.41 Å². The number of rotatable bonds is 6. The highest BCUT2D eigenvalue weighted by Gasteiger charge is 2.48. The highest BCUT2D eigenvalue weighted by molar-refractivity contribution is 5.93. The van der Waals surface area contributed by atoms with E-state index in [1.165, 1.54) is 16.7 Å². The molecule has 0 N–H and O–H groups in total. The van der Waals surface area contributed by atoms with Gasteiger partial charge in [-0.25, -0.2) is 15.0 Å². The van der Waals surface area contributed by atoms with E-state index in [0.717, 1.165) is 55.3 Å². The highest BCUT2D eigenvalue weighted by Crippen LogP contribution is 2.63. The first kappa shape index (κ1) is 34.9. The largest absolute Gasteiger partial charge is 0.449 e. The van der Waals surface area contributed by atoms with Crippen molar-refractivity contribution >= 4 is 10.8 Å². The zero-order valence-corrected chi connectivity index (χ0v) is 32.9. The van der Waals surface area contributed by atoms with Gasteiger partial charge in [-0.3, -0.25) is 0 Å². The van der Waals surface area contributed by atoms with Gasteiger partial charge in [0.2, 0.25) is 0 Å². The quantitative estimate of drug-likeness (QED) is 0.168. The van der Waals surface area contributed by atoms with Gasteiger partial charge in [-0.15, -0.1) is 0 Å². The number of fused-ring (bicyclic) bond motifs is 7. The molecule has 61 heavy (non-hydrogen) atoms. The van der Waals surface area contributed by atoms with Gasteiger partial charge in [0, 0.05) is 27.8 Å². The van der Waals surface area contributed by atoms with E-state index in [4.69, 9.17) is 24.4 Å². The summed E-state index contributed by atoms with van der Waals surface area (Å²) in [6.07, 6.45) is 0. The Labute approximate surface area is 353 Å². The molecule has 0 saturated carbocycles. The molecule has 5 heteroatoms. The van der Waals surface area contributed by atoms with Crippen LogP contribution in [0.15, 0.2) is 212 Å². The van der Waals surface area contributed by atoms with E-state index in [-0.39, 0.29) is 0 Å². The van der Waals surface area contributed by atoms with Gasteiger partial charge >= 0.3 is 0 Å². The molecule has 0 radical (unpaired) electrons. The molecule has 1 aromatic heterocycles. The van der Waals surface area contributed by atoms with Crippen LogP contribution in [-0.2, 0) is 5.41 Å². The van der Waals surface area contributed by atoms with Crippen LogP contribution < -0.4 is 9.47 Å². The molecule has 9 aromatic carbocycles. The topological polar surface area (TPSA) is 57.1 Å². The first-order valence-corrected chi connectivity index (χ1v) is 20.5. The molecular weight excluding hydrogens is 747 g/mol. The van der Waals surface area contributed by atoms with Crippen LogP contribution in [0.4, 0.5) is 0 Å². The monoisotopic (exact) mass is 781 g/mol. The van der Waals surface area contributed by atoms with Crippen molar-refractivity contribution in [3.05, 3.63) is 235 Å². The Morgan fingerprint density at radius 1 is 0.328 bits per heavy atom. The van der Waals surface area contributed by atoms with Crippen LogP contribution in [0.3, 0.4) is 0 Å². The van der Waals surface area contributed by atoms with Crippen LogP contribution >= 0.6 is 0 Å². The Morgan fingerprint density at radius 2 is 0.885 bits per heavy atom. The van der Waals surface area contributed by atoms with Crippen LogP contribution in [-0.4, -0.2) is 15.0 Å². The fourth-order valence-electron chi connectivity index (χ4n) is 9.38. The lowest BCUT2D eigenvalue weighted by molar-refractivity contribution is 0.361. The van der Waals surface area contributed by atoms with E-state index >= 15 is 0 Å². The number of hydrogen-bond donors (Lipinski definition) is 0. The fraction of sp³-hybridized carbons (Fsp3) is 0.0179. The first-order valence-electron chi connectivity index (χ1n) is 20.5. The molecule has 1 aliphatic heterocycles. The van der Waals surface area contributed by atoms with Crippen molar-refractivity contribution in [1.82, 2.24) is 15.0 Å². The predicted molar refractivity (Wildman–Crippen MR) is 243 cm³/mol. The third kappa shape index (κ3) is 5.52. The third-order valence-corrected chi connectivity index (χ3v) is 12.1. The van der Waals surface area contributed by atoms with Gasteiger partial charge in [0.15, 0.2) is 40.5 Å². The number of aromatic nitrogens is 3. The Bertz CT molecular complexity index is 3270. The summed E-state index contributed by atoms with van der Waals surface area (Å²) in [5.74, 6) is 4.41. The van der Waals surface area contributed by atoms with Crippen LogP contribution in [0.25, 0.3) is 67.2 Å². The van der Waals surface area contributed by atoms with Gasteiger partial charge < -0.3 is 9.47 Å². The van der Waals surface area contributed by atoms with E-state index in [2.05, 4.69) is 158 Å². The average Bonchev–Trinajstić information content (AvgIpc) is 3.65. The molecule has 2 heterocycles. The molecule has 1 aliphatic carbocycles. The molecule has 0 atom stereocenters. The Kier molecular flexibility index (Phi) is 8.00.